The fourth-order valence-electron chi connectivity index (χ4n) is 4.46. The summed E-state index contributed by atoms with van der Waals surface area (Å²) >= 11 is 0. The lowest BCUT2D eigenvalue weighted by atomic mass is 9.92. The van der Waals surface area contributed by atoms with Gasteiger partial charge < -0.3 is 21.8 Å². The van der Waals surface area contributed by atoms with Gasteiger partial charge in [0.05, 0.1) is 6.54 Å². The lowest BCUT2D eigenvalue weighted by Gasteiger charge is -2.34. The molecule has 1 atom stereocenters. The third kappa shape index (κ3) is 5.69. The molecule has 3 aromatic carbocycles. The van der Waals surface area contributed by atoms with Crippen LogP contribution in [0.4, 0.5) is 5.69 Å². The number of benzene rings is 3. The van der Waals surface area contributed by atoms with Gasteiger partial charge in [0.15, 0.2) is 0 Å². The highest BCUT2D eigenvalue weighted by Crippen LogP contribution is 2.27. The third-order valence-electron chi connectivity index (χ3n) is 5.76. The molecule has 0 radical (unpaired) electrons. The van der Waals surface area contributed by atoms with Crippen molar-refractivity contribution in [2.75, 3.05) is 18.8 Å². The van der Waals surface area contributed by atoms with Crippen LogP contribution in [0.15, 0.2) is 84.7 Å². The van der Waals surface area contributed by atoms with Gasteiger partial charge >= 0.3 is 0 Å². The van der Waals surface area contributed by atoms with Crippen molar-refractivity contribution in [3.8, 4) is 0 Å². The van der Waals surface area contributed by atoms with Crippen LogP contribution in [0.25, 0.3) is 10.8 Å². The Balaban J connectivity index is 0.000000913. The fourth-order valence-corrected chi connectivity index (χ4v) is 4.46. The minimum absolute atomic E-state index is 0.374. The van der Waals surface area contributed by atoms with E-state index < -0.39 is 0 Å². The standard InChI is InChI=1S/C25H30N4.C2H5N/c1-17-5-3-6-19(11-17)12-22-15-28-14-18(2)25(22)29(27)16-21-8-4-7-20-13-23(26)9-10-24(20)21;1-2-3/h3-11,13,18,28H,12,14-16,26-27H2,1-2H3;2H,1,3H2. The first-order valence-corrected chi connectivity index (χ1v) is 11.0. The van der Waals surface area contributed by atoms with Crippen LogP contribution in [0.5, 0.6) is 0 Å². The maximum Gasteiger partial charge on any atom is 0.0594 e. The Bertz CT molecular complexity index is 1100. The number of fused-ring (bicyclic) bond motifs is 1. The van der Waals surface area contributed by atoms with Crippen molar-refractivity contribution < 1.29 is 0 Å². The van der Waals surface area contributed by atoms with Crippen LogP contribution < -0.4 is 22.6 Å². The lowest BCUT2D eigenvalue weighted by Crippen LogP contribution is -2.42. The van der Waals surface area contributed by atoms with Gasteiger partial charge in [-0.1, -0.05) is 67.6 Å². The zero-order valence-corrected chi connectivity index (χ0v) is 19.1. The Morgan fingerprint density at radius 1 is 1.12 bits per heavy atom. The van der Waals surface area contributed by atoms with Crippen LogP contribution in [0.2, 0.25) is 0 Å². The molecule has 0 fully saturated rings. The van der Waals surface area contributed by atoms with Crippen LogP contribution in [-0.2, 0) is 13.0 Å². The number of nitrogens with one attached hydrogen (secondary N) is 1. The minimum Gasteiger partial charge on any atom is -0.405 e. The van der Waals surface area contributed by atoms with Crippen LogP contribution in [0.3, 0.4) is 0 Å². The number of nitrogens with zero attached hydrogens (tertiary/aromatic N) is 1. The monoisotopic (exact) mass is 429 g/mol. The molecule has 0 saturated heterocycles. The molecule has 168 valence electrons. The molecule has 4 rings (SSSR count). The van der Waals surface area contributed by atoms with E-state index >= 15 is 0 Å². The molecule has 0 spiro atoms. The van der Waals surface area contributed by atoms with Crippen LogP contribution in [0, 0.1) is 12.8 Å². The van der Waals surface area contributed by atoms with Gasteiger partial charge in [-0.3, -0.25) is 0 Å². The molecular weight excluding hydrogens is 394 g/mol. The Morgan fingerprint density at radius 2 is 1.88 bits per heavy atom. The zero-order chi connectivity index (χ0) is 23.1. The average molecular weight is 430 g/mol. The van der Waals surface area contributed by atoms with Gasteiger partial charge in [0, 0.05) is 30.4 Å². The number of hydrazine groups is 1. The second kappa shape index (κ2) is 10.8. The van der Waals surface area contributed by atoms with E-state index in [9.17, 15) is 0 Å². The maximum atomic E-state index is 6.69. The Kier molecular flexibility index (Phi) is 7.92. The van der Waals surface area contributed by atoms with Crippen LogP contribution in [0.1, 0.15) is 23.6 Å². The molecule has 32 heavy (non-hydrogen) atoms. The molecule has 0 amide bonds. The number of hydrogen-bond acceptors (Lipinski definition) is 5. The van der Waals surface area contributed by atoms with Gasteiger partial charge in [-0.2, -0.15) is 0 Å². The van der Waals surface area contributed by atoms with E-state index in [0.717, 1.165) is 30.6 Å². The molecule has 0 saturated carbocycles. The highest BCUT2D eigenvalue weighted by molar-refractivity contribution is 5.88. The van der Waals surface area contributed by atoms with E-state index in [1.807, 2.05) is 17.1 Å². The number of nitrogen functional groups attached to an aromatic ring is 1. The minimum atomic E-state index is 0.374. The SMILES string of the molecule is C=CN.Cc1cccc(CC2=C(N(N)Cc3cccc4cc(N)ccc34)C(C)CNC2)c1. The Morgan fingerprint density at radius 3 is 2.62 bits per heavy atom. The molecule has 1 aliphatic heterocycles. The van der Waals surface area contributed by atoms with Crippen molar-refractivity contribution in [1.29, 1.82) is 0 Å². The largest absolute Gasteiger partial charge is 0.405 e. The summed E-state index contributed by atoms with van der Waals surface area (Å²) in [6.45, 7) is 10.0. The topological polar surface area (TPSA) is 93.3 Å². The third-order valence-corrected chi connectivity index (χ3v) is 5.76. The van der Waals surface area contributed by atoms with Crippen LogP contribution >= 0.6 is 0 Å². The van der Waals surface area contributed by atoms with E-state index in [1.54, 1.807) is 0 Å². The summed E-state index contributed by atoms with van der Waals surface area (Å²) in [5.74, 6) is 7.06. The summed E-state index contributed by atoms with van der Waals surface area (Å²) < 4.78 is 0. The Hall–Kier alpha value is -3.28. The van der Waals surface area contributed by atoms with Crippen molar-refractivity contribution in [1.82, 2.24) is 10.3 Å². The second-order valence-corrected chi connectivity index (χ2v) is 8.45. The van der Waals surface area contributed by atoms with Crippen molar-refractivity contribution in [2.24, 2.45) is 17.5 Å². The number of rotatable bonds is 5. The quantitative estimate of drug-likeness (QED) is 0.277. The summed E-state index contributed by atoms with van der Waals surface area (Å²) in [7, 11) is 0. The molecule has 1 unspecified atom stereocenters. The van der Waals surface area contributed by atoms with Crippen molar-refractivity contribution in [2.45, 2.75) is 26.8 Å². The highest BCUT2D eigenvalue weighted by Gasteiger charge is 2.23. The molecular formula is C27H35N5. The summed E-state index contributed by atoms with van der Waals surface area (Å²) in [6.07, 6.45) is 2.17. The molecule has 5 heteroatoms. The number of anilines is 1. The van der Waals surface area contributed by atoms with Gasteiger partial charge in [0.1, 0.15) is 0 Å². The zero-order valence-electron chi connectivity index (χ0n) is 19.1. The fraction of sp³-hybridized carbons (Fsp3) is 0.259. The number of aryl methyl sites for hydroxylation is 1. The average Bonchev–Trinajstić information content (AvgIpc) is 2.74. The van der Waals surface area contributed by atoms with Crippen LogP contribution in [-0.4, -0.2) is 18.1 Å². The van der Waals surface area contributed by atoms with Gasteiger partial charge in [0.25, 0.3) is 0 Å². The first-order valence-electron chi connectivity index (χ1n) is 11.0. The van der Waals surface area contributed by atoms with Gasteiger partial charge in [-0.25, -0.2) is 5.84 Å². The number of hydrogen-bond donors (Lipinski definition) is 4. The van der Waals surface area contributed by atoms with E-state index in [0.29, 0.717) is 12.5 Å². The predicted molar refractivity (Wildman–Crippen MR) is 136 cm³/mol. The van der Waals surface area contributed by atoms with Gasteiger partial charge in [-0.05, 0) is 59.1 Å². The molecule has 3 aromatic rings. The maximum absolute atomic E-state index is 6.69. The molecule has 0 aliphatic carbocycles. The van der Waals surface area contributed by atoms with Crippen molar-refractivity contribution in [3.63, 3.8) is 0 Å². The summed E-state index contributed by atoms with van der Waals surface area (Å²) in [5, 5.41) is 7.87. The van der Waals surface area contributed by atoms with E-state index in [2.05, 4.69) is 80.0 Å². The highest BCUT2D eigenvalue weighted by atomic mass is 15.4. The molecule has 5 nitrogen and oxygen atoms in total. The summed E-state index contributed by atoms with van der Waals surface area (Å²) in [4.78, 5) is 0. The van der Waals surface area contributed by atoms with Gasteiger partial charge in [-0.15, -0.1) is 0 Å². The van der Waals surface area contributed by atoms with Crippen molar-refractivity contribution in [3.05, 3.63) is 101 Å². The first kappa shape index (κ1) is 23.4. The molecule has 7 N–H and O–H groups in total. The van der Waals surface area contributed by atoms with Gasteiger partial charge in [0.2, 0.25) is 0 Å². The summed E-state index contributed by atoms with van der Waals surface area (Å²) in [5.41, 5.74) is 17.8. The lowest BCUT2D eigenvalue weighted by molar-refractivity contribution is 0.290. The molecule has 1 aliphatic rings. The normalized spacial score (nSPS) is 15.8. The second-order valence-electron chi connectivity index (χ2n) is 8.45. The first-order chi connectivity index (χ1) is 15.4. The van der Waals surface area contributed by atoms with Crippen molar-refractivity contribution >= 4 is 16.5 Å². The molecule has 1 heterocycles. The molecule has 0 aromatic heterocycles. The smallest absolute Gasteiger partial charge is 0.0594 e. The Labute approximate surface area is 191 Å². The predicted octanol–water partition coefficient (Wildman–Crippen LogP) is 4.23. The number of nitrogens with two attached hydrogens (primary N) is 3. The van der Waals surface area contributed by atoms with E-state index in [-0.39, 0.29) is 0 Å². The van der Waals surface area contributed by atoms with E-state index in [4.69, 9.17) is 11.6 Å². The van der Waals surface area contributed by atoms with E-state index in [1.165, 1.54) is 39.5 Å². The molecule has 0 bridgehead atoms. The summed E-state index contributed by atoms with van der Waals surface area (Å²) in [6, 6.07) is 21.2.